The molecule has 6 nitrogen and oxygen atoms in total. The summed E-state index contributed by atoms with van der Waals surface area (Å²) >= 11 is 0. The van der Waals surface area contributed by atoms with Gasteiger partial charge in [0.15, 0.2) is 0 Å². The van der Waals surface area contributed by atoms with Gasteiger partial charge in [0, 0.05) is 51.9 Å². The molecular formula is C19H30N4O2. The predicted molar refractivity (Wildman–Crippen MR) is 98.5 cm³/mol. The van der Waals surface area contributed by atoms with Crippen molar-refractivity contribution < 1.29 is 9.90 Å². The molecule has 1 aliphatic heterocycles. The van der Waals surface area contributed by atoms with Gasteiger partial charge in [0.25, 0.3) is 0 Å². The molecule has 0 bridgehead atoms. The fourth-order valence-corrected chi connectivity index (χ4v) is 3.89. The van der Waals surface area contributed by atoms with Crippen molar-refractivity contribution >= 4 is 11.7 Å². The van der Waals surface area contributed by atoms with Gasteiger partial charge in [-0.1, -0.05) is 12.5 Å². The number of pyridine rings is 1. The molecule has 0 radical (unpaired) electrons. The molecule has 1 aliphatic carbocycles. The Morgan fingerprint density at radius 1 is 1.28 bits per heavy atom. The highest BCUT2D eigenvalue weighted by molar-refractivity contribution is 5.76. The molecule has 2 aliphatic rings. The highest BCUT2D eigenvalue weighted by atomic mass is 16.3. The number of nitrogens with zero attached hydrogens (tertiary/aromatic N) is 4. The second kappa shape index (κ2) is 8.63. The third-order valence-corrected chi connectivity index (χ3v) is 5.48. The lowest BCUT2D eigenvalue weighted by Crippen LogP contribution is -2.49. The number of aliphatic hydroxyl groups excluding tert-OH is 1. The molecule has 0 spiro atoms. The monoisotopic (exact) mass is 346 g/mol. The zero-order valence-electron chi connectivity index (χ0n) is 15.2. The van der Waals surface area contributed by atoms with Gasteiger partial charge < -0.3 is 19.8 Å². The second-order valence-corrected chi connectivity index (χ2v) is 7.33. The summed E-state index contributed by atoms with van der Waals surface area (Å²) in [6, 6.07) is 5.94. The van der Waals surface area contributed by atoms with Crippen molar-refractivity contribution in [1.82, 2.24) is 14.8 Å². The first kappa shape index (κ1) is 18.1. The van der Waals surface area contributed by atoms with Gasteiger partial charge in [-0.15, -0.1) is 0 Å². The standard InChI is InChI=1S/C19H30N4O2/c1-21(15-16-5-4-6-17(16)24)10-8-19(25)23-13-11-22(12-14-23)18-7-2-3-9-20-18/h2-3,7,9,16-17,24H,4-6,8,10-15H2,1H3. The van der Waals surface area contributed by atoms with Crippen molar-refractivity contribution in [3.05, 3.63) is 24.4 Å². The van der Waals surface area contributed by atoms with Crippen molar-refractivity contribution in [1.29, 1.82) is 0 Å². The molecule has 25 heavy (non-hydrogen) atoms. The fourth-order valence-electron chi connectivity index (χ4n) is 3.89. The van der Waals surface area contributed by atoms with Crippen molar-refractivity contribution in [3.63, 3.8) is 0 Å². The van der Waals surface area contributed by atoms with Gasteiger partial charge in [0.1, 0.15) is 5.82 Å². The number of anilines is 1. The van der Waals surface area contributed by atoms with Gasteiger partial charge >= 0.3 is 0 Å². The first-order valence-electron chi connectivity index (χ1n) is 9.44. The van der Waals surface area contributed by atoms with Crippen LogP contribution in [0.3, 0.4) is 0 Å². The molecule has 1 N–H and O–H groups in total. The lowest BCUT2D eigenvalue weighted by Gasteiger charge is -2.35. The number of piperazine rings is 1. The van der Waals surface area contributed by atoms with Gasteiger partial charge in [-0.2, -0.15) is 0 Å². The quantitative estimate of drug-likeness (QED) is 0.839. The fraction of sp³-hybridized carbons (Fsp3) is 0.684. The Kier molecular flexibility index (Phi) is 6.26. The molecule has 0 aromatic carbocycles. The van der Waals surface area contributed by atoms with Crippen LogP contribution in [0.25, 0.3) is 0 Å². The van der Waals surface area contributed by atoms with Crippen LogP contribution >= 0.6 is 0 Å². The van der Waals surface area contributed by atoms with E-state index in [2.05, 4.69) is 21.8 Å². The van der Waals surface area contributed by atoms with E-state index < -0.39 is 0 Å². The normalized spacial score (nSPS) is 24.1. The van der Waals surface area contributed by atoms with Crippen molar-refractivity contribution in [2.24, 2.45) is 5.92 Å². The van der Waals surface area contributed by atoms with Crippen LogP contribution in [0.4, 0.5) is 5.82 Å². The van der Waals surface area contributed by atoms with Gasteiger partial charge in [0.05, 0.1) is 6.10 Å². The first-order chi connectivity index (χ1) is 12.1. The molecular weight excluding hydrogens is 316 g/mol. The van der Waals surface area contributed by atoms with Gasteiger partial charge in [-0.3, -0.25) is 4.79 Å². The number of carbonyl (C=O) groups is 1. The van der Waals surface area contributed by atoms with E-state index in [9.17, 15) is 9.90 Å². The molecule has 1 aromatic heterocycles. The Hall–Kier alpha value is -1.66. The lowest BCUT2D eigenvalue weighted by molar-refractivity contribution is -0.131. The summed E-state index contributed by atoms with van der Waals surface area (Å²) in [5, 5.41) is 9.93. The minimum atomic E-state index is -0.155. The average molecular weight is 346 g/mol. The van der Waals surface area contributed by atoms with Crippen LogP contribution < -0.4 is 4.90 Å². The zero-order valence-corrected chi connectivity index (χ0v) is 15.2. The van der Waals surface area contributed by atoms with E-state index in [0.717, 1.165) is 64.3 Å². The largest absolute Gasteiger partial charge is 0.393 e. The first-order valence-corrected chi connectivity index (χ1v) is 9.44. The molecule has 1 amide bonds. The number of carbonyl (C=O) groups excluding carboxylic acids is 1. The minimum absolute atomic E-state index is 0.155. The Labute approximate surface area is 150 Å². The number of hydrogen-bond acceptors (Lipinski definition) is 5. The zero-order chi connectivity index (χ0) is 17.6. The van der Waals surface area contributed by atoms with Crippen LogP contribution in [0.1, 0.15) is 25.7 Å². The van der Waals surface area contributed by atoms with Crippen LogP contribution in [0.5, 0.6) is 0 Å². The Bertz CT molecular complexity index is 546. The van der Waals surface area contributed by atoms with E-state index >= 15 is 0 Å². The molecule has 6 heteroatoms. The highest BCUT2D eigenvalue weighted by Gasteiger charge is 2.26. The number of aromatic nitrogens is 1. The van der Waals surface area contributed by atoms with E-state index in [-0.39, 0.29) is 12.0 Å². The maximum atomic E-state index is 12.5. The van der Waals surface area contributed by atoms with E-state index in [4.69, 9.17) is 0 Å². The summed E-state index contributed by atoms with van der Waals surface area (Å²) in [5.74, 6) is 1.60. The number of hydrogen-bond donors (Lipinski definition) is 1. The predicted octanol–water partition coefficient (Wildman–Crippen LogP) is 1.21. The second-order valence-electron chi connectivity index (χ2n) is 7.33. The maximum Gasteiger partial charge on any atom is 0.223 e. The summed E-state index contributed by atoms with van der Waals surface area (Å²) in [6.45, 7) is 4.87. The number of amides is 1. The van der Waals surface area contributed by atoms with E-state index in [0.29, 0.717) is 12.3 Å². The van der Waals surface area contributed by atoms with Gasteiger partial charge in [0.2, 0.25) is 5.91 Å². The SMILES string of the molecule is CN(CCC(=O)N1CCN(c2ccccn2)CC1)CC1CCCC1O. The van der Waals surface area contributed by atoms with E-state index in [1.807, 2.05) is 29.3 Å². The molecule has 2 unspecified atom stereocenters. The summed E-state index contributed by atoms with van der Waals surface area (Å²) in [4.78, 5) is 23.2. The third-order valence-electron chi connectivity index (χ3n) is 5.48. The Morgan fingerprint density at radius 2 is 2.08 bits per heavy atom. The number of aliphatic hydroxyl groups is 1. The highest BCUT2D eigenvalue weighted by Crippen LogP contribution is 2.26. The van der Waals surface area contributed by atoms with E-state index in [1.54, 1.807) is 0 Å². The molecule has 1 saturated heterocycles. The molecule has 2 fully saturated rings. The van der Waals surface area contributed by atoms with Crippen LogP contribution in [0, 0.1) is 5.92 Å². The van der Waals surface area contributed by atoms with E-state index in [1.165, 1.54) is 0 Å². The minimum Gasteiger partial charge on any atom is -0.393 e. The van der Waals surface area contributed by atoms with Crippen LogP contribution in [-0.4, -0.2) is 78.2 Å². The number of rotatable bonds is 6. The molecule has 2 atom stereocenters. The molecule has 3 rings (SSSR count). The van der Waals surface area contributed by atoms with Gasteiger partial charge in [-0.25, -0.2) is 4.98 Å². The topological polar surface area (TPSA) is 59.9 Å². The van der Waals surface area contributed by atoms with Crippen LogP contribution in [0.2, 0.25) is 0 Å². The Morgan fingerprint density at radius 3 is 2.72 bits per heavy atom. The molecule has 2 heterocycles. The summed E-state index contributed by atoms with van der Waals surface area (Å²) < 4.78 is 0. The summed E-state index contributed by atoms with van der Waals surface area (Å²) in [7, 11) is 2.05. The Balaban J connectivity index is 1.38. The average Bonchev–Trinajstić information content (AvgIpc) is 3.05. The molecule has 1 aromatic rings. The summed E-state index contributed by atoms with van der Waals surface area (Å²) in [5.41, 5.74) is 0. The van der Waals surface area contributed by atoms with Crippen molar-refractivity contribution in [2.75, 3.05) is 51.2 Å². The third kappa shape index (κ3) is 4.92. The lowest BCUT2D eigenvalue weighted by atomic mass is 10.1. The van der Waals surface area contributed by atoms with Crippen molar-refractivity contribution in [2.45, 2.75) is 31.8 Å². The van der Waals surface area contributed by atoms with Crippen LogP contribution in [0.15, 0.2) is 24.4 Å². The maximum absolute atomic E-state index is 12.5. The van der Waals surface area contributed by atoms with Gasteiger partial charge in [-0.05, 0) is 37.9 Å². The molecule has 1 saturated carbocycles. The van der Waals surface area contributed by atoms with Crippen molar-refractivity contribution in [3.8, 4) is 0 Å². The molecule has 138 valence electrons. The van der Waals surface area contributed by atoms with Crippen LogP contribution in [-0.2, 0) is 4.79 Å². The smallest absolute Gasteiger partial charge is 0.223 e. The summed E-state index contributed by atoms with van der Waals surface area (Å²) in [6.07, 6.45) is 5.37.